The Morgan fingerprint density at radius 2 is 1.79 bits per heavy atom. The maximum Gasteiger partial charge on any atom is 0.232 e. The molecule has 0 spiro atoms. The Kier molecular flexibility index (Phi) is 5.83. The average Bonchev–Trinajstić information content (AvgIpc) is 2.54. The number of hydrogen-bond acceptors (Lipinski definition) is 4. The van der Waals surface area contributed by atoms with Gasteiger partial charge in [-0.2, -0.15) is 5.26 Å². The first-order valence-corrected chi connectivity index (χ1v) is 9.46. The Hall–Kier alpha value is -2.52. The van der Waals surface area contributed by atoms with Crippen LogP contribution in [0.15, 0.2) is 48.5 Å². The molecule has 126 valence electrons. The summed E-state index contributed by atoms with van der Waals surface area (Å²) < 4.78 is 26.3. The predicted octanol–water partition coefficient (Wildman–Crippen LogP) is 3.88. The molecule has 2 aromatic rings. The molecule has 0 saturated carbocycles. The second-order valence-corrected chi connectivity index (χ2v) is 7.44. The van der Waals surface area contributed by atoms with E-state index in [9.17, 15) is 8.42 Å². The van der Waals surface area contributed by atoms with Crippen LogP contribution in [0.25, 0.3) is 0 Å². The Bertz CT molecular complexity index is 824. The molecule has 0 fully saturated rings. The van der Waals surface area contributed by atoms with Gasteiger partial charge in [0.05, 0.1) is 23.1 Å². The van der Waals surface area contributed by atoms with Crippen LogP contribution < -0.4 is 10.0 Å². The number of rotatable bonds is 7. The molecule has 2 aromatic carbocycles. The van der Waals surface area contributed by atoms with Crippen LogP contribution in [-0.2, 0) is 10.0 Å². The van der Waals surface area contributed by atoms with Crippen molar-refractivity contribution in [3.8, 4) is 6.07 Å². The first kappa shape index (κ1) is 17.8. The molecule has 0 radical (unpaired) electrons. The molecule has 0 unspecified atom stereocenters. The van der Waals surface area contributed by atoms with Gasteiger partial charge in [-0.25, -0.2) is 8.42 Å². The molecule has 0 bridgehead atoms. The quantitative estimate of drug-likeness (QED) is 0.799. The van der Waals surface area contributed by atoms with Crippen molar-refractivity contribution in [1.82, 2.24) is 0 Å². The number of sulfonamides is 1. The Morgan fingerprint density at radius 1 is 1.12 bits per heavy atom. The predicted molar refractivity (Wildman–Crippen MR) is 97.3 cm³/mol. The van der Waals surface area contributed by atoms with Crippen LogP contribution in [-0.4, -0.2) is 14.2 Å². The summed E-state index contributed by atoms with van der Waals surface area (Å²) in [4.78, 5) is 0. The van der Waals surface area contributed by atoms with Gasteiger partial charge in [0.2, 0.25) is 10.0 Å². The first-order valence-electron chi connectivity index (χ1n) is 7.80. The van der Waals surface area contributed by atoms with E-state index in [0.29, 0.717) is 17.7 Å². The van der Waals surface area contributed by atoms with Gasteiger partial charge < -0.3 is 5.32 Å². The van der Waals surface area contributed by atoms with E-state index in [4.69, 9.17) is 5.26 Å². The molecular weight excluding hydrogens is 322 g/mol. The maximum absolute atomic E-state index is 11.9. The third-order valence-corrected chi connectivity index (χ3v) is 5.02. The van der Waals surface area contributed by atoms with Crippen LogP contribution in [0.2, 0.25) is 0 Å². The van der Waals surface area contributed by atoms with Gasteiger partial charge in [-0.05, 0) is 49.2 Å². The largest absolute Gasteiger partial charge is 0.378 e. The van der Waals surface area contributed by atoms with E-state index < -0.39 is 10.0 Å². The van der Waals surface area contributed by atoms with Crippen molar-refractivity contribution in [2.24, 2.45) is 0 Å². The molecule has 0 amide bonds. The zero-order valence-electron chi connectivity index (χ0n) is 13.8. The monoisotopic (exact) mass is 343 g/mol. The molecule has 2 N–H and O–H groups in total. The zero-order valence-corrected chi connectivity index (χ0v) is 14.6. The van der Waals surface area contributed by atoms with Gasteiger partial charge in [-0.3, -0.25) is 4.72 Å². The molecular formula is C18H21N3O2S. The lowest BCUT2D eigenvalue weighted by Gasteiger charge is -2.17. The molecule has 0 aliphatic carbocycles. The number of hydrogen-bond donors (Lipinski definition) is 2. The van der Waals surface area contributed by atoms with Crippen LogP contribution in [0.5, 0.6) is 0 Å². The molecule has 6 heteroatoms. The summed E-state index contributed by atoms with van der Waals surface area (Å²) in [7, 11) is -3.30. The standard InChI is InChI=1S/C18H21N3O2S/c1-3-11-24(22,23)21-18-6-4-5-17(12-18)20-14(2)16-9-7-15(13-19)8-10-16/h4-10,12,14,20-21H,3,11H2,1-2H3/t14-/m1/s1. The summed E-state index contributed by atoms with van der Waals surface area (Å²) in [6.07, 6.45) is 0.572. The Labute approximate surface area is 143 Å². The molecule has 24 heavy (non-hydrogen) atoms. The van der Waals surface area contributed by atoms with Crippen molar-refractivity contribution < 1.29 is 8.42 Å². The van der Waals surface area contributed by atoms with E-state index in [1.54, 1.807) is 30.3 Å². The van der Waals surface area contributed by atoms with Gasteiger partial charge >= 0.3 is 0 Å². The smallest absolute Gasteiger partial charge is 0.232 e. The molecule has 0 heterocycles. The lowest BCUT2D eigenvalue weighted by Crippen LogP contribution is -2.16. The minimum atomic E-state index is -3.30. The van der Waals surface area contributed by atoms with Crippen molar-refractivity contribution in [2.45, 2.75) is 26.3 Å². The van der Waals surface area contributed by atoms with Crippen LogP contribution in [0.1, 0.15) is 37.4 Å². The Morgan fingerprint density at radius 3 is 2.42 bits per heavy atom. The number of nitriles is 1. The van der Waals surface area contributed by atoms with E-state index in [0.717, 1.165) is 11.3 Å². The summed E-state index contributed by atoms with van der Waals surface area (Å²) in [6, 6.07) is 16.7. The minimum Gasteiger partial charge on any atom is -0.378 e. The average molecular weight is 343 g/mol. The number of nitrogens with zero attached hydrogens (tertiary/aromatic N) is 1. The highest BCUT2D eigenvalue weighted by Crippen LogP contribution is 2.22. The van der Waals surface area contributed by atoms with Gasteiger partial charge in [0.1, 0.15) is 0 Å². The second-order valence-electron chi connectivity index (χ2n) is 5.60. The van der Waals surface area contributed by atoms with E-state index in [1.807, 2.05) is 32.0 Å². The minimum absolute atomic E-state index is 0.0280. The van der Waals surface area contributed by atoms with Crippen molar-refractivity contribution in [2.75, 3.05) is 15.8 Å². The summed E-state index contributed by atoms with van der Waals surface area (Å²) >= 11 is 0. The van der Waals surface area contributed by atoms with Crippen LogP contribution in [0.4, 0.5) is 11.4 Å². The SMILES string of the molecule is CCCS(=O)(=O)Nc1cccc(N[C@H](C)c2ccc(C#N)cc2)c1. The third kappa shape index (κ3) is 5.00. The van der Waals surface area contributed by atoms with Crippen LogP contribution >= 0.6 is 0 Å². The molecule has 2 rings (SSSR count). The topological polar surface area (TPSA) is 82.0 Å². The van der Waals surface area contributed by atoms with E-state index in [-0.39, 0.29) is 11.8 Å². The number of nitrogens with one attached hydrogen (secondary N) is 2. The zero-order chi connectivity index (χ0) is 17.6. The molecule has 0 aliphatic rings. The molecule has 0 saturated heterocycles. The molecule has 0 aliphatic heterocycles. The fourth-order valence-electron chi connectivity index (χ4n) is 2.35. The van der Waals surface area contributed by atoms with Crippen molar-refractivity contribution in [1.29, 1.82) is 5.26 Å². The highest BCUT2D eigenvalue weighted by molar-refractivity contribution is 7.92. The lowest BCUT2D eigenvalue weighted by molar-refractivity contribution is 0.600. The van der Waals surface area contributed by atoms with Crippen molar-refractivity contribution in [3.63, 3.8) is 0 Å². The lowest BCUT2D eigenvalue weighted by atomic mass is 10.1. The fourth-order valence-corrected chi connectivity index (χ4v) is 3.48. The number of benzene rings is 2. The molecule has 1 atom stereocenters. The normalized spacial score (nSPS) is 12.2. The summed E-state index contributed by atoms with van der Waals surface area (Å²) in [5.41, 5.74) is 3.04. The van der Waals surface area contributed by atoms with Gasteiger partial charge in [0.15, 0.2) is 0 Å². The first-order chi connectivity index (χ1) is 11.4. The maximum atomic E-state index is 11.9. The van der Waals surface area contributed by atoms with Crippen molar-refractivity contribution >= 4 is 21.4 Å². The van der Waals surface area contributed by atoms with Gasteiger partial charge in [0, 0.05) is 11.7 Å². The fraction of sp³-hybridized carbons (Fsp3) is 0.278. The second kappa shape index (κ2) is 7.84. The van der Waals surface area contributed by atoms with Gasteiger partial charge in [-0.15, -0.1) is 0 Å². The van der Waals surface area contributed by atoms with E-state index >= 15 is 0 Å². The highest BCUT2D eigenvalue weighted by Gasteiger charge is 2.10. The number of anilines is 2. The van der Waals surface area contributed by atoms with Crippen LogP contribution in [0.3, 0.4) is 0 Å². The summed E-state index contributed by atoms with van der Waals surface area (Å²) in [5, 5.41) is 12.2. The van der Waals surface area contributed by atoms with Gasteiger partial charge in [-0.1, -0.05) is 25.1 Å². The van der Waals surface area contributed by atoms with Crippen LogP contribution in [0, 0.1) is 11.3 Å². The molecule has 0 aromatic heterocycles. The summed E-state index contributed by atoms with van der Waals surface area (Å²) in [5.74, 6) is 0.103. The molecule has 5 nitrogen and oxygen atoms in total. The van der Waals surface area contributed by atoms with E-state index in [2.05, 4.69) is 16.1 Å². The summed E-state index contributed by atoms with van der Waals surface area (Å²) in [6.45, 7) is 3.84. The van der Waals surface area contributed by atoms with Gasteiger partial charge in [0.25, 0.3) is 0 Å². The van der Waals surface area contributed by atoms with Crippen molar-refractivity contribution in [3.05, 3.63) is 59.7 Å². The highest BCUT2D eigenvalue weighted by atomic mass is 32.2. The Balaban J connectivity index is 2.09. The van der Waals surface area contributed by atoms with E-state index in [1.165, 1.54) is 0 Å². The third-order valence-electron chi connectivity index (χ3n) is 3.53.